The van der Waals surface area contributed by atoms with Crippen LogP contribution in [0.1, 0.15) is 52.9 Å². The van der Waals surface area contributed by atoms with Crippen molar-refractivity contribution >= 4 is 0 Å². The zero-order valence-corrected chi connectivity index (χ0v) is 12.0. The molecule has 0 unspecified atom stereocenters. The van der Waals surface area contributed by atoms with Gasteiger partial charge in [0.25, 0.3) is 0 Å². The third kappa shape index (κ3) is 4.59. The van der Waals surface area contributed by atoms with Gasteiger partial charge in [0.2, 0.25) is 0 Å². The zero-order valence-electron chi connectivity index (χ0n) is 12.0. The predicted molar refractivity (Wildman–Crippen MR) is 74.3 cm³/mol. The maximum Gasteiger partial charge on any atom is 0.00684 e. The number of nitrogens with zero attached hydrogens (tertiary/aromatic N) is 1. The highest BCUT2D eigenvalue weighted by molar-refractivity contribution is 4.85. The first-order valence-electron chi connectivity index (χ1n) is 7.55. The van der Waals surface area contributed by atoms with Crippen molar-refractivity contribution in [3.63, 3.8) is 0 Å². The van der Waals surface area contributed by atoms with Crippen molar-refractivity contribution in [1.82, 2.24) is 10.2 Å². The highest BCUT2D eigenvalue weighted by Gasteiger charge is 2.28. The van der Waals surface area contributed by atoms with E-state index >= 15 is 0 Å². The molecule has 0 bridgehead atoms. The van der Waals surface area contributed by atoms with Gasteiger partial charge in [0, 0.05) is 25.7 Å². The SMILES string of the molecule is CCN(CC1CCC1)CC(C)(C)CNC1CC1. The average molecular weight is 238 g/mol. The van der Waals surface area contributed by atoms with Crippen molar-refractivity contribution in [3.05, 3.63) is 0 Å². The van der Waals surface area contributed by atoms with Gasteiger partial charge < -0.3 is 10.2 Å². The molecule has 2 saturated carbocycles. The van der Waals surface area contributed by atoms with Crippen LogP contribution in [0.5, 0.6) is 0 Å². The van der Waals surface area contributed by atoms with E-state index in [1.165, 1.54) is 58.3 Å². The van der Waals surface area contributed by atoms with E-state index in [0.717, 1.165) is 12.0 Å². The van der Waals surface area contributed by atoms with E-state index in [0.29, 0.717) is 5.41 Å². The zero-order chi connectivity index (χ0) is 12.3. The Balaban J connectivity index is 1.69. The Hall–Kier alpha value is -0.0800. The van der Waals surface area contributed by atoms with Gasteiger partial charge in [-0.3, -0.25) is 0 Å². The molecule has 0 spiro atoms. The molecule has 0 radical (unpaired) electrons. The molecule has 2 aliphatic carbocycles. The molecule has 17 heavy (non-hydrogen) atoms. The molecular formula is C15H30N2. The van der Waals surface area contributed by atoms with Crippen molar-refractivity contribution < 1.29 is 0 Å². The van der Waals surface area contributed by atoms with Gasteiger partial charge in [0.05, 0.1) is 0 Å². The molecule has 0 amide bonds. The van der Waals surface area contributed by atoms with E-state index in [4.69, 9.17) is 0 Å². The van der Waals surface area contributed by atoms with Crippen LogP contribution in [-0.2, 0) is 0 Å². The predicted octanol–water partition coefficient (Wildman–Crippen LogP) is 2.89. The second kappa shape index (κ2) is 5.71. The van der Waals surface area contributed by atoms with Crippen LogP contribution >= 0.6 is 0 Å². The summed E-state index contributed by atoms with van der Waals surface area (Å²) in [5.74, 6) is 1.00. The molecule has 0 aliphatic heterocycles. The Labute approximate surface area is 107 Å². The summed E-state index contributed by atoms with van der Waals surface area (Å²) in [4.78, 5) is 2.67. The van der Waals surface area contributed by atoms with Gasteiger partial charge in [-0.05, 0) is 43.6 Å². The molecule has 2 fully saturated rings. The van der Waals surface area contributed by atoms with Crippen LogP contribution in [-0.4, -0.2) is 37.1 Å². The third-order valence-corrected chi connectivity index (χ3v) is 4.29. The lowest BCUT2D eigenvalue weighted by Gasteiger charge is -2.37. The Kier molecular flexibility index (Phi) is 4.48. The number of hydrogen-bond acceptors (Lipinski definition) is 2. The van der Waals surface area contributed by atoms with Crippen molar-refractivity contribution in [2.24, 2.45) is 11.3 Å². The van der Waals surface area contributed by atoms with Crippen LogP contribution in [0.25, 0.3) is 0 Å². The van der Waals surface area contributed by atoms with Crippen molar-refractivity contribution in [2.45, 2.75) is 58.9 Å². The molecule has 2 heteroatoms. The molecule has 0 aromatic rings. The highest BCUT2D eigenvalue weighted by Crippen LogP contribution is 2.28. The molecule has 0 heterocycles. The first kappa shape index (κ1) is 13.4. The topological polar surface area (TPSA) is 15.3 Å². The highest BCUT2D eigenvalue weighted by atomic mass is 15.1. The fourth-order valence-corrected chi connectivity index (χ4v) is 2.72. The Bertz CT molecular complexity index is 229. The van der Waals surface area contributed by atoms with Gasteiger partial charge in [0.15, 0.2) is 0 Å². The summed E-state index contributed by atoms with van der Waals surface area (Å²) < 4.78 is 0. The van der Waals surface area contributed by atoms with Crippen LogP contribution in [0.15, 0.2) is 0 Å². The lowest BCUT2D eigenvalue weighted by Crippen LogP contribution is -2.43. The molecule has 2 nitrogen and oxygen atoms in total. The minimum absolute atomic E-state index is 0.419. The average Bonchev–Trinajstić information content (AvgIpc) is 3.02. The van der Waals surface area contributed by atoms with Crippen LogP contribution in [0.4, 0.5) is 0 Å². The molecule has 2 rings (SSSR count). The maximum atomic E-state index is 3.68. The third-order valence-electron chi connectivity index (χ3n) is 4.29. The Morgan fingerprint density at radius 2 is 1.88 bits per heavy atom. The normalized spacial score (nSPS) is 21.9. The van der Waals surface area contributed by atoms with E-state index in [1.54, 1.807) is 0 Å². The van der Waals surface area contributed by atoms with Gasteiger partial charge in [-0.1, -0.05) is 27.2 Å². The molecule has 100 valence electrons. The van der Waals surface area contributed by atoms with E-state index < -0.39 is 0 Å². The monoisotopic (exact) mass is 238 g/mol. The van der Waals surface area contributed by atoms with Gasteiger partial charge in [-0.15, -0.1) is 0 Å². The molecule has 0 aromatic carbocycles. The first-order valence-corrected chi connectivity index (χ1v) is 7.55. The molecule has 0 atom stereocenters. The van der Waals surface area contributed by atoms with Crippen molar-refractivity contribution in [2.75, 3.05) is 26.2 Å². The fourth-order valence-electron chi connectivity index (χ4n) is 2.72. The lowest BCUT2D eigenvalue weighted by molar-refractivity contribution is 0.132. The van der Waals surface area contributed by atoms with Gasteiger partial charge in [-0.2, -0.15) is 0 Å². The minimum atomic E-state index is 0.419. The molecule has 2 aliphatic rings. The maximum absolute atomic E-state index is 3.68. The second-order valence-corrected chi connectivity index (χ2v) is 6.94. The van der Waals surface area contributed by atoms with Crippen LogP contribution in [0, 0.1) is 11.3 Å². The number of rotatable bonds is 8. The first-order chi connectivity index (χ1) is 8.09. The Morgan fingerprint density at radius 1 is 1.18 bits per heavy atom. The summed E-state index contributed by atoms with van der Waals surface area (Å²) in [7, 11) is 0. The standard InChI is InChI=1S/C15H30N2/c1-4-17(10-13-6-5-7-13)12-15(2,3)11-16-14-8-9-14/h13-14,16H,4-12H2,1-3H3. The number of hydrogen-bond donors (Lipinski definition) is 1. The van der Waals surface area contributed by atoms with Gasteiger partial charge in [-0.25, -0.2) is 0 Å². The van der Waals surface area contributed by atoms with E-state index in [2.05, 4.69) is 31.0 Å². The van der Waals surface area contributed by atoms with Gasteiger partial charge >= 0.3 is 0 Å². The molecular weight excluding hydrogens is 208 g/mol. The summed E-state index contributed by atoms with van der Waals surface area (Å²) in [5.41, 5.74) is 0.419. The van der Waals surface area contributed by atoms with Crippen LogP contribution in [0.2, 0.25) is 0 Å². The van der Waals surface area contributed by atoms with Crippen molar-refractivity contribution in [3.8, 4) is 0 Å². The Morgan fingerprint density at radius 3 is 2.35 bits per heavy atom. The minimum Gasteiger partial charge on any atom is -0.313 e. The van der Waals surface area contributed by atoms with Crippen LogP contribution < -0.4 is 5.32 Å². The summed E-state index contributed by atoms with van der Waals surface area (Å²) in [5, 5.41) is 3.68. The summed E-state index contributed by atoms with van der Waals surface area (Å²) in [6.45, 7) is 12.1. The molecule has 0 aromatic heterocycles. The van der Waals surface area contributed by atoms with E-state index in [1.807, 2.05) is 0 Å². The summed E-state index contributed by atoms with van der Waals surface area (Å²) >= 11 is 0. The van der Waals surface area contributed by atoms with Crippen LogP contribution in [0.3, 0.4) is 0 Å². The molecule has 1 N–H and O–H groups in total. The summed E-state index contributed by atoms with van der Waals surface area (Å²) in [6, 6.07) is 0.844. The lowest BCUT2D eigenvalue weighted by atomic mass is 9.84. The number of nitrogens with one attached hydrogen (secondary N) is 1. The summed E-state index contributed by atoms with van der Waals surface area (Å²) in [6.07, 6.45) is 7.20. The smallest absolute Gasteiger partial charge is 0.00684 e. The van der Waals surface area contributed by atoms with Gasteiger partial charge in [0.1, 0.15) is 0 Å². The van der Waals surface area contributed by atoms with E-state index in [9.17, 15) is 0 Å². The van der Waals surface area contributed by atoms with Crippen molar-refractivity contribution in [1.29, 1.82) is 0 Å². The quantitative estimate of drug-likeness (QED) is 0.699. The molecule has 0 saturated heterocycles. The largest absolute Gasteiger partial charge is 0.313 e. The second-order valence-electron chi connectivity index (χ2n) is 6.94. The fraction of sp³-hybridized carbons (Fsp3) is 1.00. The van der Waals surface area contributed by atoms with E-state index in [-0.39, 0.29) is 0 Å².